The van der Waals surface area contributed by atoms with Crippen LogP contribution < -0.4 is 5.73 Å². The Morgan fingerprint density at radius 3 is 2.68 bits per heavy atom. The van der Waals surface area contributed by atoms with E-state index < -0.39 is 0 Å². The van der Waals surface area contributed by atoms with Crippen molar-refractivity contribution in [3.05, 3.63) is 23.8 Å². The Morgan fingerprint density at radius 2 is 2.16 bits per heavy atom. The Balaban J connectivity index is 2.19. The molecule has 1 aliphatic rings. The molecule has 1 aromatic heterocycles. The number of nitrogens with two attached hydrogens (primary N) is 1. The quantitative estimate of drug-likeness (QED) is 0.906. The van der Waals surface area contributed by atoms with E-state index in [9.17, 15) is 0 Å². The number of ether oxygens (including phenoxy) is 1. The van der Waals surface area contributed by atoms with E-state index in [2.05, 4.69) is 16.9 Å². The molecule has 1 aromatic rings. The van der Waals surface area contributed by atoms with Gasteiger partial charge in [-0.3, -0.25) is 0 Å². The van der Waals surface area contributed by atoms with Gasteiger partial charge in [0.05, 0.1) is 0 Å². The molecular weight excluding hydrogens is 238 g/mol. The summed E-state index contributed by atoms with van der Waals surface area (Å²) >= 11 is 0. The van der Waals surface area contributed by atoms with Gasteiger partial charge in [0.15, 0.2) is 5.82 Å². The molecule has 3 unspecified atom stereocenters. The fourth-order valence-corrected chi connectivity index (χ4v) is 3.05. The van der Waals surface area contributed by atoms with Crippen LogP contribution in [0, 0.1) is 5.92 Å². The third kappa shape index (κ3) is 3.31. The fraction of sp³-hybridized carbons (Fsp3) is 0.733. The molecule has 1 aliphatic carbocycles. The van der Waals surface area contributed by atoms with Crippen LogP contribution in [-0.2, 0) is 16.8 Å². The van der Waals surface area contributed by atoms with Crippen molar-refractivity contribution in [3.63, 3.8) is 0 Å². The summed E-state index contributed by atoms with van der Waals surface area (Å²) in [6.45, 7) is 4.27. The molecular formula is C15H25N3O. The summed E-state index contributed by atoms with van der Waals surface area (Å²) in [5.74, 6) is 1.50. The van der Waals surface area contributed by atoms with Gasteiger partial charge in [-0.15, -0.1) is 0 Å². The molecule has 0 bridgehead atoms. The number of hydrogen-bond donors (Lipinski definition) is 1. The Morgan fingerprint density at radius 1 is 1.47 bits per heavy atom. The predicted octanol–water partition coefficient (Wildman–Crippen LogP) is 2.42. The van der Waals surface area contributed by atoms with Crippen LogP contribution in [0.3, 0.4) is 0 Å². The van der Waals surface area contributed by atoms with Crippen LogP contribution in [0.5, 0.6) is 0 Å². The lowest BCUT2D eigenvalue weighted by molar-refractivity contribution is -0.0646. The van der Waals surface area contributed by atoms with E-state index in [0.29, 0.717) is 5.92 Å². The molecule has 4 nitrogen and oxygen atoms in total. The van der Waals surface area contributed by atoms with E-state index in [1.807, 2.05) is 19.3 Å². The average molecular weight is 263 g/mol. The number of aromatic nitrogens is 2. The van der Waals surface area contributed by atoms with Crippen LogP contribution in [-0.4, -0.2) is 23.1 Å². The van der Waals surface area contributed by atoms with Crippen LogP contribution in [0.4, 0.5) is 0 Å². The van der Waals surface area contributed by atoms with Gasteiger partial charge in [-0.2, -0.15) is 0 Å². The zero-order valence-corrected chi connectivity index (χ0v) is 12.2. The van der Waals surface area contributed by atoms with E-state index in [1.54, 1.807) is 7.11 Å². The van der Waals surface area contributed by atoms with E-state index in [1.165, 1.54) is 12.8 Å². The van der Waals surface area contributed by atoms with Crippen molar-refractivity contribution >= 4 is 0 Å². The number of rotatable bonds is 4. The van der Waals surface area contributed by atoms with Gasteiger partial charge in [0.25, 0.3) is 0 Å². The van der Waals surface area contributed by atoms with E-state index in [0.717, 1.165) is 30.7 Å². The lowest BCUT2D eigenvalue weighted by atomic mass is 9.78. The second-order valence-corrected chi connectivity index (χ2v) is 6.00. The van der Waals surface area contributed by atoms with Crippen molar-refractivity contribution in [1.29, 1.82) is 0 Å². The average Bonchev–Trinajstić information content (AvgIpc) is 2.38. The monoisotopic (exact) mass is 263 g/mol. The van der Waals surface area contributed by atoms with Gasteiger partial charge < -0.3 is 10.5 Å². The van der Waals surface area contributed by atoms with Gasteiger partial charge in [-0.25, -0.2) is 9.97 Å². The lowest BCUT2D eigenvalue weighted by Gasteiger charge is -2.37. The van der Waals surface area contributed by atoms with Gasteiger partial charge in [-0.05, 0) is 44.1 Å². The maximum atomic E-state index is 5.81. The highest BCUT2D eigenvalue weighted by Gasteiger charge is 2.39. The summed E-state index contributed by atoms with van der Waals surface area (Å²) < 4.78 is 5.81. The highest BCUT2D eigenvalue weighted by atomic mass is 16.5. The fourth-order valence-electron chi connectivity index (χ4n) is 3.05. The first-order chi connectivity index (χ1) is 9.05. The maximum absolute atomic E-state index is 5.81. The number of hydrogen-bond acceptors (Lipinski definition) is 4. The van der Waals surface area contributed by atoms with E-state index in [4.69, 9.17) is 10.5 Å². The Bertz CT molecular complexity index is 404. The molecule has 4 heteroatoms. The second-order valence-electron chi connectivity index (χ2n) is 6.00. The Labute approximate surface area is 115 Å². The van der Waals surface area contributed by atoms with Gasteiger partial charge in [0.1, 0.15) is 5.60 Å². The summed E-state index contributed by atoms with van der Waals surface area (Å²) in [7, 11) is 1.78. The van der Waals surface area contributed by atoms with Gasteiger partial charge in [0.2, 0.25) is 0 Å². The van der Waals surface area contributed by atoms with Crippen LogP contribution in [0.2, 0.25) is 0 Å². The zero-order chi connectivity index (χ0) is 13.9. The largest absolute Gasteiger partial charge is 0.370 e. The summed E-state index contributed by atoms with van der Waals surface area (Å²) in [5, 5.41) is 0. The van der Waals surface area contributed by atoms with Gasteiger partial charge in [-0.1, -0.05) is 13.3 Å². The summed E-state index contributed by atoms with van der Waals surface area (Å²) in [6, 6.07) is 0.139. The maximum Gasteiger partial charge on any atom is 0.160 e. The van der Waals surface area contributed by atoms with Crippen LogP contribution in [0.1, 0.15) is 50.9 Å². The van der Waals surface area contributed by atoms with Crippen molar-refractivity contribution in [2.24, 2.45) is 11.7 Å². The van der Waals surface area contributed by atoms with Crippen LogP contribution >= 0.6 is 0 Å². The van der Waals surface area contributed by atoms with Gasteiger partial charge in [0, 0.05) is 25.5 Å². The van der Waals surface area contributed by atoms with Crippen molar-refractivity contribution in [2.75, 3.05) is 7.11 Å². The van der Waals surface area contributed by atoms with Crippen molar-refractivity contribution in [3.8, 4) is 0 Å². The molecule has 2 N–H and O–H groups in total. The Hall–Kier alpha value is -1.00. The minimum atomic E-state index is -0.287. The highest BCUT2D eigenvalue weighted by molar-refractivity contribution is 5.12. The van der Waals surface area contributed by atoms with Crippen molar-refractivity contribution in [1.82, 2.24) is 9.97 Å². The minimum Gasteiger partial charge on any atom is -0.370 e. The molecule has 19 heavy (non-hydrogen) atoms. The summed E-state index contributed by atoms with van der Waals surface area (Å²) in [5.41, 5.74) is 6.60. The third-order valence-electron chi connectivity index (χ3n) is 4.02. The molecule has 1 saturated carbocycles. The summed E-state index contributed by atoms with van der Waals surface area (Å²) in [4.78, 5) is 9.08. The van der Waals surface area contributed by atoms with Crippen LogP contribution in [0.15, 0.2) is 12.4 Å². The second kappa shape index (κ2) is 5.97. The molecule has 0 aliphatic heterocycles. The lowest BCUT2D eigenvalue weighted by Crippen LogP contribution is -2.36. The SMILES string of the molecule is COC1(c2ncc(CC(C)N)cn2)CCCC(C)C1. The van der Waals surface area contributed by atoms with E-state index in [-0.39, 0.29) is 11.6 Å². The van der Waals surface area contributed by atoms with Crippen LogP contribution in [0.25, 0.3) is 0 Å². The number of methoxy groups -OCH3 is 1. The van der Waals surface area contributed by atoms with Gasteiger partial charge >= 0.3 is 0 Å². The first kappa shape index (κ1) is 14.4. The molecule has 2 rings (SSSR count). The predicted molar refractivity (Wildman–Crippen MR) is 75.7 cm³/mol. The Kier molecular flexibility index (Phi) is 4.53. The molecule has 0 aromatic carbocycles. The third-order valence-corrected chi connectivity index (χ3v) is 4.02. The molecule has 1 fully saturated rings. The zero-order valence-electron chi connectivity index (χ0n) is 12.2. The topological polar surface area (TPSA) is 61.0 Å². The smallest absolute Gasteiger partial charge is 0.160 e. The minimum absolute atomic E-state index is 0.139. The van der Waals surface area contributed by atoms with E-state index >= 15 is 0 Å². The normalized spacial score (nSPS) is 29.2. The van der Waals surface area contributed by atoms with Crippen molar-refractivity contribution in [2.45, 2.75) is 57.6 Å². The molecule has 106 valence electrons. The molecule has 0 saturated heterocycles. The molecule has 1 heterocycles. The number of nitrogens with zero attached hydrogens (tertiary/aromatic N) is 2. The highest BCUT2D eigenvalue weighted by Crippen LogP contribution is 2.40. The molecule has 0 spiro atoms. The first-order valence-corrected chi connectivity index (χ1v) is 7.18. The molecule has 0 radical (unpaired) electrons. The summed E-state index contributed by atoms with van der Waals surface area (Å²) in [6.07, 6.45) is 9.08. The van der Waals surface area contributed by atoms with Crippen molar-refractivity contribution < 1.29 is 4.74 Å². The molecule has 3 atom stereocenters. The standard InChI is InChI=1S/C15H25N3O/c1-11-5-4-6-15(8-11,19-3)14-17-9-13(10-18-14)7-12(2)16/h9-12H,4-8,16H2,1-3H3. The first-order valence-electron chi connectivity index (χ1n) is 7.18. The molecule has 0 amide bonds.